The van der Waals surface area contributed by atoms with Gasteiger partial charge in [0.15, 0.2) is 0 Å². The van der Waals surface area contributed by atoms with Crippen LogP contribution in [-0.2, 0) is 0 Å². The van der Waals surface area contributed by atoms with Gasteiger partial charge >= 0.3 is 0 Å². The maximum atomic E-state index is 13.5. The number of nitrogens with zero attached hydrogens (tertiary/aromatic N) is 1. The normalized spacial score (nSPS) is 9.78. The van der Waals surface area contributed by atoms with E-state index in [2.05, 4.69) is 10.3 Å². The molecule has 0 unspecified atom stereocenters. The molecule has 90 valence electrons. The van der Waals surface area contributed by atoms with E-state index < -0.39 is 11.7 Å². The predicted molar refractivity (Wildman–Crippen MR) is 64.3 cm³/mol. The lowest BCUT2D eigenvalue weighted by Gasteiger charge is -2.05. The summed E-state index contributed by atoms with van der Waals surface area (Å²) in [7, 11) is 0. The van der Waals surface area contributed by atoms with Gasteiger partial charge in [0.2, 0.25) is 0 Å². The summed E-state index contributed by atoms with van der Waals surface area (Å²) in [6.45, 7) is 0. The molecule has 0 saturated carbocycles. The highest BCUT2D eigenvalue weighted by Gasteiger charge is 2.11. The number of aromatic amines is 1. The Hall–Kier alpha value is -2.81. The Morgan fingerprint density at radius 3 is 2.78 bits per heavy atom. The monoisotopic (exact) mass is 244 g/mol. The first kappa shape index (κ1) is 11.7. The summed E-state index contributed by atoms with van der Waals surface area (Å²) >= 11 is 0. The van der Waals surface area contributed by atoms with Crippen LogP contribution in [0.1, 0.15) is 16.1 Å². The van der Waals surface area contributed by atoms with Gasteiger partial charge in [0, 0.05) is 11.9 Å². The van der Waals surface area contributed by atoms with Gasteiger partial charge in [0.05, 0.1) is 17.3 Å². The highest BCUT2D eigenvalue weighted by molar-refractivity contribution is 6.03. The first-order chi connectivity index (χ1) is 8.60. The molecule has 0 aliphatic carbocycles. The van der Waals surface area contributed by atoms with Gasteiger partial charge in [-0.05, 0) is 24.3 Å². The topological polar surface area (TPSA) is 94.7 Å². The summed E-state index contributed by atoms with van der Waals surface area (Å²) in [6.07, 6.45) is 1.46. The number of aromatic nitrogens is 1. The molecule has 4 N–H and O–H groups in total. The van der Waals surface area contributed by atoms with Crippen molar-refractivity contribution in [3.05, 3.63) is 47.5 Å². The number of rotatable bonds is 2. The third kappa shape index (κ3) is 2.30. The number of hydrogen-bond acceptors (Lipinski definition) is 3. The van der Waals surface area contributed by atoms with E-state index in [1.54, 1.807) is 0 Å². The van der Waals surface area contributed by atoms with Crippen LogP contribution in [0.2, 0.25) is 0 Å². The Balaban J connectivity index is 2.20. The molecule has 2 aromatic rings. The van der Waals surface area contributed by atoms with Crippen molar-refractivity contribution < 1.29 is 9.18 Å². The number of benzene rings is 1. The van der Waals surface area contributed by atoms with Gasteiger partial charge in [-0.15, -0.1) is 0 Å². The highest BCUT2D eigenvalue weighted by Crippen LogP contribution is 2.16. The zero-order valence-electron chi connectivity index (χ0n) is 9.20. The van der Waals surface area contributed by atoms with Gasteiger partial charge in [-0.3, -0.25) is 4.79 Å². The van der Waals surface area contributed by atoms with Crippen molar-refractivity contribution in [3.63, 3.8) is 0 Å². The van der Waals surface area contributed by atoms with E-state index in [9.17, 15) is 9.18 Å². The van der Waals surface area contributed by atoms with Crippen LogP contribution in [0.15, 0.2) is 30.5 Å². The lowest BCUT2D eigenvalue weighted by Crippen LogP contribution is -2.13. The quantitative estimate of drug-likeness (QED) is 0.752. The summed E-state index contributed by atoms with van der Waals surface area (Å²) in [4.78, 5) is 14.4. The summed E-state index contributed by atoms with van der Waals surface area (Å²) in [6, 6.07) is 7.05. The van der Waals surface area contributed by atoms with Crippen LogP contribution in [0.5, 0.6) is 0 Å². The fourth-order valence-electron chi connectivity index (χ4n) is 1.42. The van der Waals surface area contributed by atoms with Crippen molar-refractivity contribution >= 4 is 17.3 Å². The molecule has 0 fully saturated rings. The number of carbonyl (C=O) groups is 1. The van der Waals surface area contributed by atoms with Crippen LogP contribution in [0.3, 0.4) is 0 Å². The van der Waals surface area contributed by atoms with Crippen molar-refractivity contribution in [2.75, 3.05) is 11.1 Å². The number of H-pyrrole nitrogens is 1. The minimum absolute atomic E-state index is 0.00664. The van der Waals surface area contributed by atoms with Crippen molar-refractivity contribution in [1.82, 2.24) is 4.98 Å². The fraction of sp³-hybridized carbons (Fsp3) is 0. The molecule has 0 radical (unpaired) electrons. The number of halogens is 1. The third-order valence-electron chi connectivity index (χ3n) is 2.30. The Kier molecular flexibility index (Phi) is 2.98. The Morgan fingerprint density at radius 2 is 2.22 bits per heavy atom. The van der Waals surface area contributed by atoms with Crippen LogP contribution in [0.4, 0.5) is 15.8 Å². The molecule has 0 spiro atoms. The lowest BCUT2D eigenvalue weighted by molar-refractivity contribution is 0.102. The number of hydrogen-bond donors (Lipinski definition) is 3. The highest BCUT2D eigenvalue weighted by atomic mass is 19.1. The van der Waals surface area contributed by atoms with Gasteiger partial charge < -0.3 is 16.0 Å². The van der Waals surface area contributed by atoms with Gasteiger partial charge in [0.25, 0.3) is 5.91 Å². The molecule has 1 heterocycles. The number of nitrogen functional groups attached to an aromatic ring is 1. The lowest BCUT2D eigenvalue weighted by atomic mass is 10.2. The number of nitrogens with one attached hydrogen (secondary N) is 2. The number of anilines is 2. The van der Waals surface area contributed by atoms with E-state index >= 15 is 0 Å². The third-order valence-corrected chi connectivity index (χ3v) is 2.30. The van der Waals surface area contributed by atoms with Gasteiger partial charge in [-0.25, -0.2) is 4.39 Å². The van der Waals surface area contributed by atoms with Gasteiger partial charge in [-0.2, -0.15) is 5.26 Å². The maximum Gasteiger partial charge on any atom is 0.272 e. The maximum absolute atomic E-state index is 13.5. The van der Waals surface area contributed by atoms with E-state index in [0.29, 0.717) is 5.69 Å². The zero-order chi connectivity index (χ0) is 13.1. The minimum Gasteiger partial charge on any atom is -0.397 e. The predicted octanol–water partition coefficient (Wildman–Crippen LogP) is 1.86. The van der Waals surface area contributed by atoms with Crippen LogP contribution in [-0.4, -0.2) is 10.9 Å². The molecule has 0 aliphatic heterocycles. The molecule has 1 aromatic carbocycles. The van der Waals surface area contributed by atoms with Crippen LogP contribution in [0.25, 0.3) is 0 Å². The van der Waals surface area contributed by atoms with Crippen LogP contribution >= 0.6 is 0 Å². The molecule has 2 rings (SSSR count). The van der Waals surface area contributed by atoms with Gasteiger partial charge in [-0.1, -0.05) is 0 Å². The molecule has 0 saturated heterocycles. The van der Waals surface area contributed by atoms with Crippen LogP contribution in [0, 0.1) is 17.1 Å². The zero-order valence-corrected chi connectivity index (χ0v) is 9.20. The number of carbonyl (C=O) groups excluding carboxylic acids is 1. The Bertz CT molecular complexity index is 642. The van der Waals surface area contributed by atoms with E-state index in [4.69, 9.17) is 11.0 Å². The summed E-state index contributed by atoms with van der Waals surface area (Å²) in [5, 5.41) is 11.0. The van der Waals surface area contributed by atoms with E-state index in [-0.39, 0.29) is 16.9 Å². The molecule has 5 nitrogen and oxygen atoms in total. The average molecular weight is 244 g/mol. The second-order valence-electron chi connectivity index (χ2n) is 3.61. The van der Waals surface area contributed by atoms with E-state index in [0.717, 1.165) is 6.07 Å². The smallest absolute Gasteiger partial charge is 0.272 e. The summed E-state index contributed by atoms with van der Waals surface area (Å²) in [5.41, 5.74) is 6.30. The minimum atomic E-state index is -0.665. The largest absolute Gasteiger partial charge is 0.397 e. The van der Waals surface area contributed by atoms with E-state index in [1.807, 2.05) is 6.07 Å². The van der Waals surface area contributed by atoms with Crippen molar-refractivity contribution in [2.24, 2.45) is 0 Å². The van der Waals surface area contributed by atoms with E-state index in [1.165, 1.54) is 24.4 Å². The fourth-order valence-corrected chi connectivity index (χ4v) is 1.42. The average Bonchev–Trinajstić information content (AvgIpc) is 2.78. The first-order valence-corrected chi connectivity index (χ1v) is 5.05. The standard InChI is InChI=1S/C12H9FN4O/c13-9-3-7(5-14)1-2-10(9)17-12(18)11-4-8(15)6-16-11/h1-4,6,16H,15H2,(H,17,18). The number of nitriles is 1. The molecular weight excluding hydrogens is 235 g/mol. The Morgan fingerprint density at radius 1 is 1.44 bits per heavy atom. The second-order valence-corrected chi connectivity index (χ2v) is 3.61. The molecule has 0 bridgehead atoms. The van der Waals surface area contributed by atoms with Gasteiger partial charge in [0.1, 0.15) is 11.5 Å². The summed E-state index contributed by atoms with van der Waals surface area (Å²) < 4.78 is 13.5. The number of nitrogens with two attached hydrogens (primary N) is 1. The van der Waals surface area contributed by atoms with Crippen molar-refractivity contribution in [3.8, 4) is 6.07 Å². The first-order valence-electron chi connectivity index (χ1n) is 5.05. The SMILES string of the molecule is N#Cc1ccc(NC(=O)c2cc(N)c[nH]2)c(F)c1. The second kappa shape index (κ2) is 4.59. The molecule has 0 atom stereocenters. The Labute approximate surface area is 102 Å². The summed E-state index contributed by atoms with van der Waals surface area (Å²) in [5.74, 6) is -1.17. The number of amides is 1. The molecule has 6 heteroatoms. The molecule has 1 aromatic heterocycles. The van der Waals surface area contributed by atoms with Crippen molar-refractivity contribution in [1.29, 1.82) is 5.26 Å². The molecule has 18 heavy (non-hydrogen) atoms. The molecule has 0 aliphatic rings. The van der Waals surface area contributed by atoms with Crippen molar-refractivity contribution in [2.45, 2.75) is 0 Å². The molecular formula is C12H9FN4O. The van der Waals surface area contributed by atoms with Crippen LogP contribution < -0.4 is 11.1 Å². The molecule has 1 amide bonds.